The fraction of sp³-hybridized carbons (Fsp3) is 0.545. The summed E-state index contributed by atoms with van der Waals surface area (Å²) >= 11 is 2.16. The van der Waals surface area contributed by atoms with Crippen LogP contribution in [0.1, 0.15) is 45.7 Å². The number of H-pyrrole nitrogens is 1. The number of para-hydroxylation sites is 1. The minimum absolute atomic E-state index is 0.0625. The van der Waals surface area contributed by atoms with Gasteiger partial charge in [-0.25, -0.2) is 0 Å². The van der Waals surface area contributed by atoms with Gasteiger partial charge in [0.1, 0.15) is 6.04 Å². The van der Waals surface area contributed by atoms with Gasteiger partial charge in [-0.1, -0.05) is 54.6 Å². The van der Waals surface area contributed by atoms with Gasteiger partial charge in [0.2, 0.25) is 5.91 Å². The van der Waals surface area contributed by atoms with Gasteiger partial charge in [0, 0.05) is 23.7 Å². The van der Waals surface area contributed by atoms with Crippen molar-refractivity contribution in [3.63, 3.8) is 0 Å². The van der Waals surface area contributed by atoms with Crippen molar-refractivity contribution in [3.8, 4) is 0 Å². The number of carbonyl (C=O) groups is 2. The quantitative estimate of drug-likeness (QED) is 0.149. The van der Waals surface area contributed by atoms with Crippen LogP contribution in [0, 0.1) is 11.8 Å². The number of carboxylic acid groups (broad SMARTS) is 1. The molecule has 0 aliphatic carbocycles. The topological polar surface area (TPSA) is 94.2 Å². The number of aromatic amines is 1. The van der Waals surface area contributed by atoms with Crippen LogP contribution in [0.15, 0.2) is 30.3 Å². The lowest BCUT2D eigenvalue weighted by atomic mass is 9.90. The van der Waals surface area contributed by atoms with E-state index in [1.54, 1.807) is 0 Å². The molecule has 0 fully saturated rings. The summed E-state index contributed by atoms with van der Waals surface area (Å²) in [5.74, 6) is -0.633. The van der Waals surface area contributed by atoms with Crippen molar-refractivity contribution in [2.45, 2.75) is 56.5 Å². The summed E-state index contributed by atoms with van der Waals surface area (Å²) in [7, 11) is 0. The normalized spacial score (nSPS) is 14.7. The van der Waals surface area contributed by atoms with E-state index in [0.29, 0.717) is 19.4 Å². The van der Waals surface area contributed by atoms with Crippen LogP contribution in [0.3, 0.4) is 0 Å². The van der Waals surface area contributed by atoms with Gasteiger partial charge in [-0.3, -0.25) is 14.9 Å². The molecule has 0 radical (unpaired) electrons. The lowest BCUT2D eigenvalue weighted by Gasteiger charge is -2.20. The standard InChI is InChI=1S/C22H32IN3O3/c1-14(2)18(13-17-12-16-8-4-5-9-19(16)26-17)21(27)24-11-7-6-10-20(22(28)29)25-15(3)23/h4-5,8-9,12,14-15,18,20,25-26H,6-7,10-11,13H2,1-3H3,(H,24,27)(H,28,29)/t15?,18-,20?/m0/s1. The molecule has 160 valence electrons. The number of fused-ring (bicyclic) bond motifs is 1. The Morgan fingerprint density at radius 3 is 2.52 bits per heavy atom. The average molecular weight is 513 g/mol. The Morgan fingerprint density at radius 2 is 1.90 bits per heavy atom. The van der Waals surface area contributed by atoms with Crippen molar-refractivity contribution in [2.75, 3.05) is 6.54 Å². The molecule has 6 nitrogen and oxygen atoms in total. The Bertz CT molecular complexity index is 770. The molecule has 1 aromatic heterocycles. The molecule has 29 heavy (non-hydrogen) atoms. The molecule has 1 amide bonds. The molecule has 0 saturated heterocycles. The number of hydrogen-bond acceptors (Lipinski definition) is 3. The molecular weight excluding hydrogens is 481 g/mol. The van der Waals surface area contributed by atoms with Gasteiger partial charge in [0.05, 0.1) is 4.05 Å². The fourth-order valence-corrected chi connectivity index (χ4v) is 3.92. The average Bonchev–Trinajstić information content (AvgIpc) is 3.06. The smallest absolute Gasteiger partial charge is 0.320 e. The Kier molecular flexibility index (Phi) is 9.42. The van der Waals surface area contributed by atoms with Crippen molar-refractivity contribution in [1.82, 2.24) is 15.6 Å². The van der Waals surface area contributed by atoms with Crippen LogP contribution in [0.5, 0.6) is 0 Å². The number of amides is 1. The monoisotopic (exact) mass is 513 g/mol. The van der Waals surface area contributed by atoms with Crippen LogP contribution >= 0.6 is 22.6 Å². The van der Waals surface area contributed by atoms with E-state index in [-0.39, 0.29) is 21.8 Å². The molecule has 0 spiro atoms. The molecule has 0 bridgehead atoms. The third kappa shape index (κ3) is 7.62. The highest BCUT2D eigenvalue weighted by Crippen LogP contribution is 2.21. The molecule has 0 saturated carbocycles. The number of halogens is 1. The van der Waals surface area contributed by atoms with Gasteiger partial charge < -0.3 is 15.4 Å². The maximum absolute atomic E-state index is 12.7. The fourth-order valence-electron chi connectivity index (χ4n) is 3.48. The van der Waals surface area contributed by atoms with Crippen molar-refractivity contribution in [2.24, 2.45) is 11.8 Å². The highest BCUT2D eigenvalue weighted by molar-refractivity contribution is 14.1. The zero-order valence-corrected chi connectivity index (χ0v) is 19.5. The number of carbonyl (C=O) groups excluding carboxylic acids is 1. The Labute approximate surface area is 186 Å². The van der Waals surface area contributed by atoms with Crippen molar-refractivity contribution >= 4 is 45.4 Å². The van der Waals surface area contributed by atoms with Gasteiger partial charge in [-0.15, -0.1) is 0 Å². The highest BCUT2D eigenvalue weighted by atomic mass is 127. The number of alkyl halides is 1. The molecule has 1 heterocycles. The van der Waals surface area contributed by atoms with Crippen molar-refractivity contribution in [1.29, 1.82) is 0 Å². The van der Waals surface area contributed by atoms with Gasteiger partial charge in [0.15, 0.2) is 0 Å². The van der Waals surface area contributed by atoms with Gasteiger partial charge in [-0.05, 0) is 56.0 Å². The van der Waals surface area contributed by atoms with Gasteiger partial charge >= 0.3 is 5.97 Å². The van der Waals surface area contributed by atoms with Crippen LogP contribution < -0.4 is 10.6 Å². The third-order valence-corrected chi connectivity index (χ3v) is 5.47. The van der Waals surface area contributed by atoms with Crippen LogP contribution in [0.2, 0.25) is 0 Å². The van der Waals surface area contributed by atoms with Crippen LogP contribution in [0.4, 0.5) is 0 Å². The minimum atomic E-state index is -0.823. The summed E-state index contributed by atoms with van der Waals surface area (Å²) < 4.78 is 0.102. The van der Waals surface area contributed by atoms with E-state index >= 15 is 0 Å². The Hall–Kier alpha value is -1.61. The van der Waals surface area contributed by atoms with Crippen LogP contribution in [-0.2, 0) is 16.0 Å². The molecule has 0 aliphatic rings. The number of benzene rings is 1. The van der Waals surface area contributed by atoms with Crippen molar-refractivity contribution in [3.05, 3.63) is 36.0 Å². The summed E-state index contributed by atoms with van der Waals surface area (Å²) in [5, 5.41) is 16.5. The zero-order chi connectivity index (χ0) is 21.4. The van der Waals surface area contributed by atoms with Gasteiger partial charge in [0.25, 0.3) is 0 Å². The molecule has 3 atom stereocenters. The molecule has 2 unspecified atom stereocenters. The van der Waals surface area contributed by atoms with E-state index in [1.807, 2.05) is 25.1 Å². The molecule has 1 aromatic carbocycles. The van der Waals surface area contributed by atoms with Crippen LogP contribution in [0.25, 0.3) is 10.9 Å². The summed E-state index contributed by atoms with van der Waals surface area (Å²) in [6.07, 6.45) is 2.75. The number of unbranched alkanes of at least 4 members (excludes halogenated alkanes) is 1. The summed E-state index contributed by atoms with van der Waals surface area (Å²) in [6.45, 7) is 6.64. The van der Waals surface area contributed by atoms with E-state index in [1.165, 1.54) is 0 Å². The maximum atomic E-state index is 12.7. The van der Waals surface area contributed by atoms with Gasteiger partial charge in [-0.2, -0.15) is 0 Å². The SMILES string of the molecule is CC(I)NC(CCCCNC(=O)[C@@H](Cc1cc2ccccc2[nH]1)C(C)C)C(=O)O. The predicted octanol–water partition coefficient (Wildman–Crippen LogP) is 4.09. The first-order valence-electron chi connectivity index (χ1n) is 10.2. The second-order valence-electron chi connectivity index (χ2n) is 7.90. The third-order valence-electron chi connectivity index (χ3n) is 5.11. The summed E-state index contributed by atoms with van der Waals surface area (Å²) in [6, 6.07) is 9.70. The van der Waals surface area contributed by atoms with E-state index < -0.39 is 12.0 Å². The second-order valence-corrected chi connectivity index (χ2v) is 9.77. The zero-order valence-electron chi connectivity index (χ0n) is 17.4. The first-order valence-corrected chi connectivity index (χ1v) is 11.5. The molecular formula is C22H32IN3O3. The maximum Gasteiger partial charge on any atom is 0.320 e. The van der Waals surface area contributed by atoms with E-state index in [0.717, 1.165) is 29.4 Å². The Balaban J connectivity index is 1.81. The lowest BCUT2D eigenvalue weighted by molar-refractivity contribution is -0.139. The highest BCUT2D eigenvalue weighted by Gasteiger charge is 2.23. The molecule has 0 aliphatic heterocycles. The molecule has 2 aromatic rings. The number of rotatable bonds is 12. The van der Waals surface area contributed by atoms with Crippen LogP contribution in [-0.4, -0.2) is 38.6 Å². The van der Waals surface area contributed by atoms with Crippen molar-refractivity contribution < 1.29 is 14.7 Å². The van der Waals surface area contributed by atoms with E-state index in [4.69, 9.17) is 0 Å². The minimum Gasteiger partial charge on any atom is -0.480 e. The van der Waals surface area contributed by atoms with E-state index in [9.17, 15) is 14.7 Å². The Morgan fingerprint density at radius 1 is 1.17 bits per heavy atom. The number of hydrogen-bond donors (Lipinski definition) is 4. The second kappa shape index (κ2) is 11.5. The lowest BCUT2D eigenvalue weighted by Crippen LogP contribution is -2.39. The number of aliphatic carboxylic acids is 1. The molecule has 2 rings (SSSR count). The van der Waals surface area contributed by atoms with E-state index in [2.05, 4.69) is 64.2 Å². The molecule has 4 N–H and O–H groups in total. The summed E-state index contributed by atoms with van der Waals surface area (Å²) in [4.78, 5) is 27.4. The first-order chi connectivity index (χ1) is 13.8. The molecule has 7 heteroatoms. The number of carboxylic acids is 1. The first kappa shape index (κ1) is 23.7. The largest absolute Gasteiger partial charge is 0.480 e. The number of aromatic nitrogens is 1. The summed E-state index contributed by atoms with van der Waals surface area (Å²) in [5.41, 5.74) is 2.16. The number of nitrogens with one attached hydrogen (secondary N) is 3. The predicted molar refractivity (Wildman–Crippen MR) is 125 cm³/mol.